The summed E-state index contributed by atoms with van der Waals surface area (Å²) in [5.74, 6) is 0.814. The summed E-state index contributed by atoms with van der Waals surface area (Å²) in [6.45, 7) is 7.66. The van der Waals surface area contributed by atoms with E-state index in [9.17, 15) is 0 Å². The summed E-state index contributed by atoms with van der Waals surface area (Å²) in [6.07, 6.45) is 0.713. The third kappa shape index (κ3) is 3.19. The fourth-order valence-corrected chi connectivity index (χ4v) is 2.66. The minimum Gasteiger partial charge on any atom is -0.448 e. The molecule has 0 saturated carbocycles. The summed E-state index contributed by atoms with van der Waals surface area (Å²) in [7, 11) is 0. The summed E-state index contributed by atoms with van der Waals surface area (Å²) in [4.78, 5) is 0. The molecule has 0 radical (unpaired) electrons. The fraction of sp³-hybridized carbons (Fsp3) is 0.500. The molecule has 4 nitrogen and oxygen atoms in total. The van der Waals surface area contributed by atoms with E-state index in [1.807, 2.05) is 17.7 Å². The Balaban J connectivity index is 2.28. The Hall–Kier alpha value is -0.970. The van der Waals surface area contributed by atoms with Gasteiger partial charge in [-0.25, -0.2) is 0 Å². The molecule has 0 aliphatic heterocycles. The van der Waals surface area contributed by atoms with Gasteiger partial charge in [-0.05, 0) is 44.1 Å². The van der Waals surface area contributed by atoms with E-state index in [1.54, 1.807) is 6.07 Å². The van der Waals surface area contributed by atoms with Crippen molar-refractivity contribution in [2.24, 2.45) is 0 Å². The summed E-state index contributed by atoms with van der Waals surface area (Å²) in [5, 5.41) is 8.96. The topological polar surface area (TPSA) is 43.0 Å². The molecular formula is C14H19Cl2N3O. The molecule has 2 heterocycles. The van der Waals surface area contributed by atoms with Crippen LogP contribution in [0.1, 0.15) is 37.0 Å². The Morgan fingerprint density at radius 3 is 2.65 bits per heavy atom. The average molecular weight is 316 g/mol. The predicted octanol–water partition coefficient (Wildman–Crippen LogP) is 4.00. The highest BCUT2D eigenvalue weighted by Crippen LogP contribution is 2.28. The lowest BCUT2D eigenvalue weighted by Crippen LogP contribution is -2.23. The van der Waals surface area contributed by atoms with Crippen molar-refractivity contribution in [1.29, 1.82) is 0 Å². The van der Waals surface area contributed by atoms with Crippen molar-refractivity contribution in [1.82, 2.24) is 15.1 Å². The lowest BCUT2D eigenvalue weighted by atomic mass is 10.1. The lowest BCUT2D eigenvalue weighted by Gasteiger charge is -2.16. The van der Waals surface area contributed by atoms with Crippen LogP contribution in [-0.2, 0) is 13.0 Å². The molecule has 0 aliphatic rings. The molecule has 110 valence electrons. The van der Waals surface area contributed by atoms with Crippen LogP contribution in [-0.4, -0.2) is 16.3 Å². The van der Waals surface area contributed by atoms with Gasteiger partial charge in [-0.15, -0.1) is 0 Å². The van der Waals surface area contributed by atoms with Gasteiger partial charge in [0.2, 0.25) is 0 Å². The summed E-state index contributed by atoms with van der Waals surface area (Å²) in [6, 6.07) is 3.68. The van der Waals surface area contributed by atoms with E-state index in [-0.39, 0.29) is 6.04 Å². The molecule has 0 saturated heterocycles. The Bertz CT molecular complexity index is 577. The highest BCUT2D eigenvalue weighted by molar-refractivity contribution is 6.31. The first-order chi connectivity index (χ1) is 9.56. The van der Waals surface area contributed by atoms with Crippen LogP contribution in [0.5, 0.6) is 0 Å². The highest BCUT2D eigenvalue weighted by Gasteiger charge is 2.21. The third-order valence-corrected chi connectivity index (χ3v) is 3.93. The molecule has 2 aromatic rings. The van der Waals surface area contributed by atoms with E-state index in [2.05, 4.69) is 24.3 Å². The molecule has 1 atom stereocenters. The molecule has 6 heteroatoms. The van der Waals surface area contributed by atoms with Crippen molar-refractivity contribution in [2.75, 3.05) is 6.54 Å². The standard InChI is InChI=1S/C14H19Cl2N3O/c1-4-17-10(12-6-7-13(15)20-12)8-11-14(16)9(3)18-19(11)5-2/h6-7,10,17H,4-5,8H2,1-3H3. The molecule has 1 N–H and O–H groups in total. The van der Waals surface area contributed by atoms with Gasteiger partial charge in [-0.3, -0.25) is 4.68 Å². The zero-order chi connectivity index (χ0) is 14.7. The molecule has 0 spiro atoms. The molecule has 0 aromatic carbocycles. The second-order valence-electron chi connectivity index (χ2n) is 4.62. The van der Waals surface area contributed by atoms with Crippen molar-refractivity contribution in [3.63, 3.8) is 0 Å². The Morgan fingerprint density at radius 1 is 1.35 bits per heavy atom. The van der Waals surface area contributed by atoms with Gasteiger partial charge in [0.05, 0.1) is 22.5 Å². The van der Waals surface area contributed by atoms with Gasteiger partial charge in [0, 0.05) is 13.0 Å². The SMILES string of the molecule is CCNC(Cc1c(Cl)c(C)nn1CC)c1ccc(Cl)o1. The van der Waals surface area contributed by atoms with E-state index < -0.39 is 0 Å². The van der Waals surface area contributed by atoms with Gasteiger partial charge < -0.3 is 9.73 Å². The van der Waals surface area contributed by atoms with Crippen molar-refractivity contribution in [3.05, 3.63) is 39.5 Å². The van der Waals surface area contributed by atoms with Gasteiger partial charge in [0.25, 0.3) is 0 Å². The number of rotatable bonds is 6. The maximum Gasteiger partial charge on any atom is 0.193 e. The van der Waals surface area contributed by atoms with E-state index in [0.717, 1.165) is 35.3 Å². The monoisotopic (exact) mass is 315 g/mol. The minimum absolute atomic E-state index is 0.0337. The van der Waals surface area contributed by atoms with Gasteiger partial charge in [0.1, 0.15) is 5.76 Å². The molecule has 0 amide bonds. The quantitative estimate of drug-likeness (QED) is 0.876. The number of halogens is 2. The molecule has 2 aromatic heterocycles. The zero-order valence-electron chi connectivity index (χ0n) is 11.9. The van der Waals surface area contributed by atoms with Crippen molar-refractivity contribution in [2.45, 2.75) is 39.8 Å². The number of nitrogens with one attached hydrogen (secondary N) is 1. The van der Waals surface area contributed by atoms with Crippen molar-refractivity contribution < 1.29 is 4.42 Å². The zero-order valence-corrected chi connectivity index (χ0v) is 13.4. The largest absolute Gasteiger partial charge is 0.448 e. The van der Waals surface area contributed by atoms with Crippen LogP contribution in [0, 0.1) is 6.92 Å². The normalized spacial score (nSPS) is 12.8. The summed E-state index contributed by atoms with van der Waals surface area (Å²) in [5.41, 5.74) is 1.88. The molecule has 2 rings (SSSR count). The molecule has 20 heavy (non-hydrogen) atoms. The van der Waals surface area contributed by atoms with Crippen LogP contribution >= 0.6 is 23.2 Å². The third-order valence-electron chi connectivity index (χ3n) is 3.24. The first kappa shape index (κ1) is 15.4. The molecule has 0 bridgehead atoms. The lowest BCUT2D eigenvalue weighted by molar-refractivity contribution is 0.409. The van der Waals surface area contributed by atoms with E-state index in [0.29, 0.717) is 11.6 Å². The van der Waals surface area contributed by atoms with Gasteiger partial charge in [-0.2, -0.15) is 5.10 Å². The number of likely N-dealkylation sites (N-methyl/N-ethyl adjacent to an activating group) is 1. The number of nitrogens with zero attached hydrogens (tertiary/aromatic N) is 2. The first-order valence-corrected chi connectivity index (χ1v) is 7.52. The second-order valence-corrected chi connectivity index (χ2v) is 5.37. The first-order valence-electron chi connectivity index (χ1n) is 6.77. The van der Waals surface area contributed by atoms with Crippen molar-refractivity contribution >= 4 is 23.2 Å². The predicted molar refractivity (Wildman–Crippen MR) is 81.5 cm³/mol. The number of aryl methyl sites for hydroxylation is 2. The van der Waals surface area contributed by atoms with Gasteiger partial charge in [-0.1, -0.05) is 18.5 Å². The maximum atomic E-state index is 6.36. The maximum absolute atomic E-state index is 6.36. The van der Waals surface area contributed by atoms with Crippen LogP contribution in [0.2, 0.25) is 10.2 Å². The van der Waals surface area contributed by atoms with E-state index in [4.69, 9.17) is 27.6 Å². The van der Waals surface area contributed by atoms with Crippen molar-refractivity contribution in [3.8, 4) is 0 Å². The molecule has 1 unspecified atom stereocenters. The average Bonchev–Trinajstić information content (AvgIpc) is 2.96. The van der Waals surface area contributed by atoms with Crippen LogP contribution < -0.4 is 5.32 Å². The smallest absolute Gasteiger partial charge is 0.193 e. The number of hydrogen-bond acceptors (Lipinski definition) is 3. The minimum atomic E-state index is 0.0337. The van der Waals surface area contributed by atoms with Crippen LogP contribution in [0.15, 0.2) is 16.5 Å². The highest BCUT2D eigenvalue weighted by atomic mass is 35.5. The van der Waals surface area contributed by atoms with Crippen LogP contribution in [0.3, 0.4) is 0 Å². The Morgan fingerprint density at radius 2 is 2.10 bits per heavy atom. The Labute approximate surface area is 129 Å². The second kappa shape index (κ2) is 6.66. The van der Waals surface area contributed by atoms with Gasteiger partial charge >= 0.3 is 0 Å². The molecule has 0 aliphatic carbocycles. The van der Waals surface area contributed by atoms with E-state index in [1.165, 1.54) is 0 Å². The molecule has 0 fully saturated rings. The summed E-state index contributed by atoms with van der Waals surface area (Å²) < 4.78 is 7.46. The van der Waals surface area contributed by atoms with Gasteiger partial charge in [0.15, 0.2) is 5.22 Å². The number of hydrogen-bond donors (Lipinski definition) is 1. The Kier molecular flexibility index (Phi) is 5.13. The number of aromatic nitrogens is 2. The van der Waals surface area contributed by atoms with E-state index >= 15 is 0 Å². The fourth-order valence-electron chi connectivity index (χ4n) is 2.29. The molecular weight excluding hydrogens is 297 g/mol. The van der Waals surface area contributed by atoms with Crippen LogP contribution in [0.25, 0.3) is 0 Å². The number of furan rings is 1. The van der Waals surface area contributed by atoms with Crippen LogP contribution in [0.4, 0.5) is 0 Å². The summed E-state index contributed by atoms with van der Waals surface area (Å²) >= 11 is 12.2.